The number of carbonyl (C=O) groups is 1. The van der Waals surface area contributed by atoms with Crippen LogP contribution in [0.4, 0.5) is 4.39 Å². The summed E-state index contributed by atoms with van der Waals surface area (Å²) in [5.41, 5.74) is 1.73. The second-order valence-corrected chi connectivity index (χ2v) is 7.83. The lowest BCUT2D eigenvalue weighted by atomic mass is 9.90. The summed E-state index contributed by atoms with van der Waals surface area (Å²) >= 11 is 1.52. The fraction of sp³-hybridized carbons (Fsp3) is 0.350. The van der Waals surface area contributed by atoms with Crippen molar-refractivity contribution >= 4 is 17.7 Å². The SMILES string of the molecule is CC1(C)C[C@@H](NC(=O)CSCc2ccc(F)cc2)c2ccccc2O1. The molecule has 5 heteroatoms. The van der Waals surface area contributed by atoms with E-state index in [1.54, 1.807) is 12.1 Å². The number of carbonyl (C=O) groups excluding carboxylic acids is 1. The van der Waals surface area contributed by atoms with E-state index < -0.39 is 0 Å². The van der Waals surface area contributed by atoms with Crippen LogP contribution < -0.4 is 10.1 Å². The molecule has 25 heavy (non-hydrogen) atoms. The number of hydrogen-bond donors (Lipinski definition) is 1. The molecule has 0 saturated carbocycles. The molecule has 1 N–H and O–H groups in total. The van der Waals surface area contributed by atoms with Gasteiger partial charge in [-0.2, -0.15) is 0 Å². The number of rotatable bonds is 5. The molecule has 3 rings (SSSR count). The van der Waals surface area contributed by atoms with E-state index in [9.17, 15) is 9.18 Å². The Labute approximate surface area is 152 Å². The van der Waals surface area contributed by atoms with Crippen molar-refractivity contribution in [3.05, 3.63) is 65.5 Å². The normalized spacial score (nSPS) is 18.1. The predicted molar refractivity (Wildman–Crippen MR) is 99.2 cm³/mol. The molecular weight excluding hydrogens is 337 g/mol. The molecule has 1 amide bonds. The molecule has 1 atom stereocenters. The van der Waals surface area contributed by atoms with Crippen LogP contribution in [0.25, 0.3) is 0 Å². The molecule has 0 unspecified atom stereocenters. The molecule has 0 saturated heterocycles. The third-order valence-corrected chi connectivity index (χ3v) is 5.13. The highest BCUT2D eigenvalue weighted by Gasteiger charge is 2.34. The smallest absolute Gasteiger partial charge is 0.230 e. The van der Waals surface area contributed by atoms with E-state index in [4.69, 9.17) is 4.74 Å². The topological polar surface area (TPSA) is 38.3 Å². The van der Waals surface area contributed by atoms with Crippen LogP contribution in [0.2, 0.25) is 0 Å². The fourth-order valence-corrected chi connectivity index (χ4v) is 3.81. The van der Waals surface area contributed by atoms with E-state index in [1.807, 2.05) is 38.1 Å². The van der Waals surface area contributed by atoms with Gasteiger partial charge in [0.05, 0.1) is 11.8 Å². The Hall–Kier alpha value is -2.01. The van der Waals surface area contributed by atoms with Crippen molar-refractivity contribution in [2.75, 3.05) is 5.75 Å². The molecule has 1 heterocycles. The summed E-state index contributed by atoms with van der Waals surface area (Å²) in [6.07, 6.45) is 0.735. The summed E-state index contributed by atoms with van der Waals surface area (Å²) in [4.78, 5) is 12.3. The molecule has 0 fully saturated rings. The fourth-order valence-electron chi connectivity index (χ4n) is 3.01. The van der Waals surface area contributed by atoms with Crippen LogP contribution in [0.3, 0.4) is 0 Å². The summed E-state index contributed by atoms with van der Waals surface area (Å²) in [6, 6.07) is 14.2. The Kier molecular flexibility index (Phi) is 5.33. The standard InChI is InChI=1S/C20H22FNO2S/c1-20(2)11-17(16-5-3-4-6-18(16)24-20)22-19(23)13-25-12-14-7-9-15(21)10-8-14/h3-10,17H,11-13H2,1-2H3,(H,22,23)/t17-/m1/s1. The van der Waals surface area contributed by atoms with Gasteiger partial charge in [-0.15, -0.1) is 11.8 Å². The highest BCUT2D eigenvalue weighted by Crippen LogP contribution is 2.39. The molecule has 1 aliphatic rings. The molecule has 0 aliphatic carbocycles. The molecule has 1 aliphatic heterocycles. The lowest BCUT2D eigenvalue weighted by Gasteiger charge is -2.37. The maximum absolute atomic E-state index is 12.9. The first kappa shape index (κ1) is 17.8. The maximum atomic E-state index is 12.9. The summed E-state index contributed by atoms with van der Waals surface area (Å²) in [6.45, 7) is 4.07. The zero-order chi connectivity index (χ0) is 17.9. The summed E-state index contributed by atoms with van der Waals surface area (Å²) in [7, 11) is 0. The number of ether oxygens (including phenoxy) is 1. The number of hydrogen-bond acceptors (Lipinski definition) is 3. The minimum atomic E-state index is -0.312. The van der Waals surface area contributed by atoms with E-state index in [1.165, 1.54) is 23.9 Å². The Morgan fingerprint density at radius 1 is 1.24 bits per heavy atom. The van der Waals surface area contributed by atoms with Crippen LogP contribution in [0.1, 0.15) is 37.4 Å². The molecule has 0 spiro atoms. The number of fused-ring (bicyclic) bond motifs is 1. The summed E-state index contributed by atoms with van der Waals surface area (Å²) in [5, 5.41) is 3.13. The number of nitrogens with one attached hydrogen (secondary N) is 1. The van der Waals surface area contributed by atoms with Gasteiger partial charge in [0, 0.05) is 17.7 Å². The molecule has 2 aromatic carbocycles. The second kappa shape index (κ2) is 7.48. The van der Waals surface area contributed by atoms with Gasteiger partial charge in [0.25, 0.3) is 0 Å². The number of amides is 1. The molecule has 0 radical (unpaired) electrons. The highest BCUT2D eigenvalue weighted by atomic mass is 32.2. The molecule has 3 nitrogen and oxygen atoms in total. The number of thioether (sulfide) groups is 1. The van der Waals surface area contributed by atoms with E-state index in [0.29, 0.717) is 11.5 Å². The average molecular weight is 359 g/mol. The molecule has 2 aromatic rings. The van der Waals surface area contributed by atoms with Gasteiger partial charge < -0.3 is 10.1 Å². The van der Waals surface area contributed by atoms with Gasteiger partial charge in [-0.25, -0.2) is 4.39 Å². The van der Waals surface area contributed by atoms with Crippen molar-refractivity contribution in [2.24, 2.45) is 0 Å². The Bertz CT molecular complexity index is 746. The van der Waals surface area contributed by atoms with Crippen LogP contribution in [-0.2, 0) is 10.5 Å². The van der Waals surface area contributed by atoms with Crippen molar-refractivity contribution in [1.29, 1.82) is 0 Å². The van der Waals surface area contributed by atoms with E-state index in [2.05, 4.69) is 5.32 Å². The number of halogens is 1. The van der Waals surface area contributed by atoms with Gasteiger partial charge in [0.15, 0.2) is 0 Å². The lowest BCUT2D eigenvalue weighted by Crippen LogP contribution is -2.41. The van der Waals surface area contributed by atoms with Gasteiger partial charge in [0.2, 0.25) is 5.91 Å². The molecule has 132 valence electrons. The van der Waals surface area contributed by atoms with Crippen LogP contribution in [-0.4, -0.2) is 17.3 Å². The quantitative estimate of drug-likeness (QED) is 0.855. The predicted octanol–water partition coefficient (Wildman–Crippen LogP) is 4.48. The van der Waals surface area contributed by atoms with Crippen LogP contribution in [0, 0.1) is 5.82 Å². The van der Waals surface area contributed by atoms with Crippen LogP contribution in [0.15, 0.2) is 48.5 Å². The second-order valence-electron chi connectivity index (χ2n) is 6.84. The molecule has 0 bridgehead atoms. The number of para-hydroxylation sites is 1. The van der Waals surface area contributed by atoms with Gasteiger partial charge >= 0.3 is 0 Å². The first-order valence-corrected chi connectivity index (χ1v) is 9.48. The minimum Gasteiger partial charge on any atom is -0.487 e. The Morgan fingerprint density at radius 2 is 1.96 bits per heavy atom. The van der Waals surface area contributed by atoms with Crippen molar-refractivity contribution in [2.45, 2.75) is 37.7 Å². The third kappa shape index (κ3) is 4.75. The zero-order valence-corrected chi connectivity index (χ0v) is 15.2. The van der Waals surface area contributed by atoms with Crippen molar-refractivity contribution in [1.82, 2.24) is 5.32 Å². The highest BCUT2D eigenvalue weighted by molar-refractivity contribution is 7.99. The molecule has 0 aromatic heterocycles. The maximum Gasteiger partial charge on any atom is 0.230 e. The van der Waals surface area contributed by atoms with Crippen molar-refractivity contribution < 1.29 is 13.9 Å². The third-order valence-electron chi connectivity index (χ3n) is 4.13. The average Bonchev–Trinajstić information content (AvgIpc) is 2.55. The Balaban J connectivity index is 1.56. The van der Waals surface area contributed by atoms with E-state index in [-0.39, 0.29) is 23.4 Å². The van der Waals surface area contributed by atoms with Gasteiger partial charge in [-0.3, -0.25) is 4.79 Å². The first-order valence-electron chi connectivity index (χ1n) is 8.32. The first-order chi connectivity index (χ1) is 11.9. The molecular formula is C20H22FNO2S. The number of benzene rings is 2. The monoisotopic (exact) mass is 359 g/mol. The van der Waals surface area contributed by atoms with Gasteiger partial charge in [-0.1, -0.05) is 30.3 Å². The van der Waals surface area contributed by atoms with Gasteiger partial charge in [-0.05, 0) is 37.6 Å². The van der Waals surface area contributed by atoms with Crippen molar-refractivity contribution in [3.8, 4) is 5.75 Å². The largest absolute Gasteiger partial charge is 0.487 e. The summed E-state index contributed by atoms with van der Waals surface area (Å²) in [5.74, 6) is 1.65. The van der Waals surface area contributed by atoms with E-state index in [0.717, 1.165) is 23.3 Å². The van der Waals surface area contributed by atoms with Crippen LogP contribution >= 0.6 is 11.8 Å². The zero-order valence-electron chi connectivity index (χ0n) is 14.4. The Morgan fingerprint density at radius 3 is 2.72 bits per heavy atom. The van der Waals surface area contributed by atoms with Crippen LogP contribution in [0.5, 0.6) is 5.75 Å². The van der Waals surface area contributed by atoms with Gasteiger partial charge in [0.1, 0.15) is 17.2 Å². The van der Waals surface area contributed by atoms with E-state index >= 15 is 0 Å². The summed E-state index contributed by atoms with van der Waals surface area (Å²) < 4.78 is 18.9. The van der Waals surface area contributed by atoms with Crippen molar-refractivity contribution in [3.63, 3.8) is 0 Å². The minimum absolute atomic E-state index is 0.00427. The lowest BCUT2D eigenvalue weighted by molar-refractivity contribution is -0.119.